The van der Waals surface area contributed by atoms with Crippen molar-refractivity contribution >= 4 is 10.0 Å². The van der Waals surface area contributed by atoms with Gasteiger partial charge in [-0.15, -0.1) is 0 Å². The molecule has 0 amide bonds. The Hall–Kier alpha value is -0.910. The molecule has 2 N–H and O–H groups in total. The summed E-state index contributed by atoms with van der Waals surface area (Å²) in [5.74, 6) is 0.552. The molecule has 5 heteroatoms. The van der Waals surface area contributed by atoms with Gasteiger partial charge in [0.2, 0.25) is 10.0 Å². The molecule has 0 spiro atoms. The van der Waals surface area contributed by atoms with E-state index in [9.17, 15) is 8.42 Å². The van der Waals surface area contributed by atoms with Crippen molar-refractivity contribution in [3.63, 3.8) is 0 Å². The van der Waals surface area contributed by atoms with E-state index in [2.05, 4.69) is 22.2 Å². The van der Waals surface area contributed by atoms with E-state index in [-0.39, 0.29) is 11.8 Å². The van der Waals surface area contributed by atoms with Crippen molar-refractivity contribution < 1.29 is 8.42 Å². The number of hydrogen-bond acceptors (Lipinski definition) is 3. The van der Waals surface area contributed by atoms with Crippen LogP contribution < -0.4 is 10.0 Å². The summed E-state index contributed by atoms with van der Waals surface area (Å²) in [4.78, 5) is 0. The second kappa shape index (κ2) is 5.82. The Kier molecular flexibility index (Phi) is 4.37. The van der Waals surface area contributed by atoms with Gasteiger partial charge in [0.25, 0.3) is 0 Å². The summed E-state index contributed by atoms with van der Waals surface area (Å²) in [6, 6.07) is 10.2. The maximum Gasteiger partial charge on any atom is 0.211 e. The fraction of sp³-hybridized carbons (Fsp3) is 0.538. The third kappa shape index (κ3) is 3.80. The van der Waals surface area contributed by atoms with Crippen molar-refractivity contribution in [1.29, 1.82) is 0 Å². The molecule has 2 rings (SSSR count). The molecular weight excluding hydrogens is 248 g/mol. The van der Waals surface area contributed by atoms with Gasteiger partial charge in [0.15, 0.2) is 0 Å². The van der Waals surface area contributed by atoms with Crippen LogP contribution >= 0.6 is 0 Å². The van der Waals surface area contributed by atoms with Crippen molar-refractivity contribution in [1.82, 2.24) is 10.0 Å². The lowest BCUT2D eigenvalue weighted by Gasteiger charge is -2.06. The Morgan fingerprint density at radius 1 is 1.28 bits per heavy atom. The molecule has 0 bridgehead atoms. The summed E-state index contributed by atoms with van der Waals surface area (Å²) >= 11 is 0. The molecule has 1 aliphatic carbocycles. The molecule has 4 nitrogen and oxygen atoms in total. The number of rotatable bonds is 7. The van der Waals surface area contributed by atoms with E-state index in [1.807, 2.05) is 25.2 Å². The molecule has 0 aromatic heterocycles. The predicted octanol–water partition coefficient (Wildman–Crippen LogP) is 1.07. The van der Waals surface area contributed by atoms with Gasteiger partial charge in [-0.2, -0.15) is 0 Å². The van der Waals surface area contributed by atoms with E-state index in [0.717, 1.165) is 13.0 Å². The molecule has 2 atom stereocenters. The molecule has 2 unspecified atom stereocenters. The van der Waals surface area contributed by atoms with Gasteiger partial charge >= 0.3 is 0 Å². The first-order chi connectivity index (χ1) is 8.62. The first kappa shape index (κ1) is 13.5. The Balaban J connectivity index is 1.82. The lowest BCUT2D eigenvalue weighted by molar-refractivity contribution is 0.576. The number of sulfonamides is 1. The van der Waals surface area contributed by atoms with Crippen LogP contribution in [0.25, 0.3) is 0 Å². The van der Waals surface area contributed by atoms with Crippen LogP contribution in [0.1, 0.15) is 24.3 Å². The lowest BCUT2D eigenvalue weighted by atomic mass is 10.1. The van der Waals surface area contributed by atoms with Gasteiger partial charge < -0.3 is 5.32 Å². The minimum atomic E-state index is -3.12. The smallest absolute Gasteiger partial charge is 0.211 e. The summed E-state index contributed by atoms with van der Waals surface area (Å²) in [5.41, 5.74) is 1.22. The second-order valence-corrected chi connectivity index (χ2v) is 6.63. The molecule has 100 valence electrons. The Morgan fingerprint density at radius 3 is 2.67 bits per heavy atom. The minimum absolute atomic E-state index is 0.0898. The van der Waals surface area contributed by atoms with Gasteiger partial charge in [-0.1, -0.05) is 30.3 Å². The molecule has 1 fully saturated rings. The second-order valence-electron chi connectivity index (χ2n) is 4.75. The fourth-order valence-corrected chi connectivity index (χ4v) is 3.49. The predicted molar refractivity (Wildman–Crippen MR) is 73.1 cm³/mol. The third-order valence-electron chi connectivity index (χ3n) is 3.19. The van der Waals surface area contributed by atoms with Crippen LogP contribution in [0.15, 0.2) is 30.3 Å². The van der Waals surface area contributed by atoms with Crippen molar-refractivity contribution in [2.45, 2.75) is 24.8 Å². The van der Waals surface area contributed by atoms with E-state index in [1.54, 1.807) is 0 Å². The highest BCUT2D eigenvalue weighted by Crippen LogP contribution is 2.40. The monoisotopic (exact) mass is 268 g/mol. The summed E-state index contributed by atoms with van der Waals surface area (Å²) in [7, 11) is -1.30. The maximum absolute atomic E-state index is 11.8. The van der Waals surface area contributed by atoms with Crippen molar-refractivity contribution in [2.75, 3.05) is 19.3 Å². The third-order valence-corrected chi connectivity index (χ3v) is 4.68. The van der Waals surface area contributed by atoms with Gasteiger partial charge in [-0.3, -0.25) is 0 Å². The molecule has 0 aliphatic heterocycles. The fourth-order valence-electron chi connectivity index (χ4n) is 2.12. The molecule has 0 radical (unpaired) electrons. The molecule has 1 saturated carbocycles. The standard InChI is InChI=1S/C13H20N2O2S/c1-14-8-5-9-18(16,17)15-13-10-12(13)11-6-3-2-4-7-11/h2-4,6-7,12-15H,5,8-10H2,1H3. The first-order valence-electron chi connectivity index (χ1n) is 6.32. The SMILES string of the molecule is CNCCCS(=O)(=O)NC1CC1c1ccccc1. The molecule has 1 aromatic rings. The van der Waals surface area contributed by atoms with Gasteiger partial charge in [0.1, 0.15) is 0 Å². The van der Waals surface area contributed by atoms with Crippen LogP contribution in [-0.2, 0) is 10.0 Å². The van der Waals surface area contributed by atoms with Crippen molar-refractivity contribution in [3.8, 4) is 0 Å². The van der Waals surface area contributed by atoms with Crippen LogP contribution in [0.4, 0.5) is 0 Å². The average Bonchev–Trinajstić information content (AvgIpc) is 3.09. The number of nitrogens with one attached hydrogen (secondary N) is 2. The quantitative estimate of drug-likeness (QED) is 0.727. The van der Waals surface area contributed by atoms with Crippen LogP contribution in [0.5, 0.6) is 0 Å². The van der Waals surface area contributed by atoms with E-state index in [0.29, 0.717) is 12.3 Å². The maximum atomic E-state index is 11.8. The Morgan fingerprint density at radius 2 is 2.00 bits per heavy atom. The van der Waals surface area contributed by atoms with Crippen molar-refractivity contribution in [2.24, 2.45) is 0 Å². The van der Waals surface area contributed by atoms with Crippen molar-refractivity contribution in [3.05, 3.63) is 35.9 Å². The summed E-state index contributed by atoms with van der Waals surface area (Å²) < 4.78 is 26.4. The largest absolute Gasteiger partial charge is 0.320 e. The van der Waals surface area contributed by atoms with Gasteiger partial charge in [0, 0.05) is 12.0 Å². The summed E-state index contributed by atoms with van der Waals surface area (Å²) in [5, 5.41) is 2.95. The van der Waals surface area contributed by atoms with E-state index < -0.39 is 10.0 Å². The first-order valence-corrected chi connectivity index (χ1v) is 7.97. The minimum Gasteiger partial charge on any atom is -0.320 e. The molecule has 1 aromatic carbocycles. The van der Waals surface area contributed by atoms with Crippen LogP contribution in [0, 0.1) is 0 Å². The van der Waals surface area contributed by atoms with Gasteiger partial charge in [-0.05, 0) is 32.0 Å². The van der Waals surface area contributed by atoms with Crippen LogP contribution in [0.3, 0.4) is 0 Å². The highest BCUT2D eigenvalue weighted by Gasteiger charge is 2.40. The van der Waals surface area contributed by atoms with E-state index in [1.165, 1.54) is 5.56 Å². The lowest BCUT2D eigenvalue weighted by Crippen LogP contribution is -2.30. The zero-order valence-corrected chi connectivity index (χ0v) is 11.4. The molecule has 1 aliphatic rings. The summed E-state index contributed by atoms with van der Waals surface area (Å²) in [6.45, 7) is 0.730. The van der Waals surface area contributed by atoms with Gasteiger partial charge in [-0.25, -0.2) is 13.1 Å². The normalized spacial score (nSPS) is 22.9. The Bertz CT molecular complexity index is 473. The highest BCUT2D eigenvalue weighted by atomic mass is 32.2. The van der Waals surface area contributed by atoms with E-state index in [4.69, 9.17) is 0 Å². The zero-order valence-electron chi connectivity index (χ0n) is 10.6. The van der Waals surface area contributed by atoms with Gasteiger partial charge in [0.05, 0.1) is 5.75 Å². The molecule has 0 saturated heterocycles. The van der Waals surface area contributed by atoms with E-state index >= 15 is 0 Å². The number of hydrogen-bond donors (Lipinski definition) is 2. The summed E-state index contributed by atoms with van der Waals surface area (Å²) in [6.07, 6.45) is 1.56. The Labute approximate surface area is 109 Å². The van der Waals surface area contributed by atoms with Crippen LogP contribution in [0.2, 0.25) is 0 Å². The average molecular weight is 268 g/mol. The van der Waals surface area contributed by atoms with Crippen LogP contribution in [-0.4, -0.2) is 33.8 Å². The highest BCUT2D eigenvalue weighted by molar-refractivity contribution is 7.89. The molecular formula is C13H20N2O2S. The molecule has 18 heavy (non-hydrogen) atoms. The number of benzene rings is 1. The molecule has 0 heterocycles. The zero-order chi connectivity index (χ0) is 13.0. The topological polar surface area (TPSA) is 58.2 Å².